The largest absolute Gasteiger partial charge is 0.381 e. The van der Waals surface area contributed by atoms with E-state index in [0.29, 0.717) is 12.1 Å². The molecule has 0 aromatic rings. The van der Waals surface area contributed by atoms with Crippen molar-refractivity contribution in [2.45, 2.75) is 45.7 Å². The van der Waals surface area contributed by atoms with Gasteiger partial charge in [0, 0.05) is 25.3 Å². The van der Waals surface area contributed by atoms with E-state index in [4.69, 9.17) is 4.74 Å². The molecular weight excluding hydrogens is 150 g/mol. The molecule has 1 N–H and O–H groups in total. The topological polar surface area (TPSA) is 21.3 Å². The van der Waals surface area contributed by atoms with Crippen LogP contribution in [0.1, 0.15) is 33.6 Å². The van der Waals surface area contributed by atoms with Gasteiger partial charge in [-0.05, 0) is 25.7 Å². The van der Waals surface area contributed by atoms with Crippen molar-refractivity contribution in [2.24, 2.45) is 5.92 Å². The highest BCUT2D eigenvalue weighted by atomic mass is 16.5. The van der Waals surface area contributed by atoms with E-state index < -0.39 is 0 Å². The highest BCUT2D eigenvalue weighted by molar-refractivity contribution is 4.75. The molecule has 1 rings (SSSR count). The summed E-state index contributed by atoms with van der Waals surface area (Å²) in [6.45, 7) is 8.65. The van der Waals surface area contributed by atoms with Gasteiger partial charge in [0.1, 0.15) is 0 Å². The molecule has 0 unspecified atom stereocenters. The predicted molar refractivity (Wildman–Crippen MR) is 51.3 cm³/mol. The third-order valence-electron chi connectivity index (χ3n) is 2.72. The molecule has 0 aliphatic carbocycles. The summed E-state index contributed by atoms with van der Waals surface area (Å²) in [6.07, 6.45) is 2.36. The van der Waals surface area contributed by atoms with E-state index in [1.54, 1.807) is 0 Å². The van der Waals surface area contributed by atoms with Crippen LogP contribution >= 0.6 is 0 Å². The van der Waals surface area contributed by atoms with Crippen LogP contribution < -0.4 is 5.32 Å². The Kier molecular flexibility index (Phi) is 4.02. The molecule has 0 aromatic carbocycles. The Morgan fingerprint density at radius 3 is 2.25 bits per heavy atom. The number of nitrogens with one attached hydrogen (secondary N) is 1. The Labute approximate surface area is 75.7 Å². The molecule has 1 heterocycles. The zero-order valence-electron chi connectivity index (χ0n) is 8.47. The maximum atomic E-state index is 5.30. The number of ether oxygens (including phenoxy) is 1. The fourth-order valence-corrected chi connectivity index (χ4v) is 1.43. The second kappa shape index (κ2) is 4.83. The molecule has 1 saturated heterocycles. The van der Waals surface area contributed by atoms with Gasteiger partial charge in [-0.25, -0.2) is 0 Å². The van der Waals surface area contributed by atoms with Crippen LogP contribution in [0.5, 0.6) is 0 Å². The standard InChI is InChI=1S/C10H21NO/c1-8(2)9(3)11-10-4-6-12-7-5-10/h8-11H,4-7H2,1-3H3/t9-/m0/s1. The van der Waals surface area contributed by atoms with Gasteiger partial charge in [0.05, 0.1) is 0 Å². The lowest BCUT2D eigenvalue weighted by Crippen LogP contribution is -2.42. The number of hydrogen-bond acceptors (Lipinski definition) is 2. The van der Waals surface area contributed by atoms with Crippen LogP contribution in [0.2, 0.25) is 0 Å². The summed E-state index contributed by atoms with van der Waals surface area (Å²) in [4.78, 5) is 0. The van der Waals surface area contributed by atoms with Gasteiger partial charge in [-0.1, -0.05) is 13.8 Å². The van der Waals surface area contributed by atoms with Crippen molar-refractivity contribution in [2.75, 3.05) is 13.2 Å². The molecule has 2 heteroatoms. The van der Waals surface area contributed by atoms with E-state index >= 15 is 0 Å². The first kappa shape index (κ1) is 10.0. The third kappa shape index (κ3) is 3.11. The van der Waals surface area contributed by atoms with Crippen LogP contribution in [0.15, 0.2) is 0 Å². The van der Waals surface area contributed by atoms with Gasteiger partial charge < -0.3 is 10.1 Å². The van der Waals surface area contributed by atoms with Crippen molar-refractivity contribution in [1.82, 2.24) is 5.32 Å². The van der Waals surface area contributed by atoms with E-state index in [-0.39, 0.29) is 0 Å². The average molecular weight is 171 g/mol. The molecule has 0 bridgehead atoms. The van der Waals surface area contributed by atoms with Crippen molar-refractivity contribution in [1.29, 1.82) is 0 Å². The molecule has 72 valence electrons. The number of hydrogen-bond donors (Lipinski definition) is 1. The second-order valence-electron chi connectivity index (χ2n) is 4.09. The van der Waals surface area contributed by atoms with Crippen molar-refractivity contribution in [3.05, 3.63) is 0 Å². The number of rotatable bonds is 3. The normalized spacial score (nSPS) is 23.0. The molecule has 12 heavy (non-hydrogen) atoms. The molecule has 1 aliphatic rings. The van der Waals surface area contributed by atoms with E-state index in [9.17, 15) is 0 Å². The fourth-order valence-electron chi connectivity index (χ4n) is 1.43. The smallest absolute Gasteiger partial charge is 0.0480 e. The van der Waals surface area contributed by atoms with Crippen molar-refractivity contribution >= 4 is 0 Å². The summed E-state index contributed by atoms with van der Waals surface area (Å²) >= 11 is 0. The van der Waals surface area contributed by atoms with Gasteiger partial charge in [-0.3, -0.25) is 0 Å². The highest BCUT2D eigenvalue weighted by Gasteiger charge is 2.16. The van der Waals surface area contributed by atoms with Crippen LogP contribution in [0.3, 0.4) is 0 Å². The van der Waals surface area contributed by atoms with Crippen LogP contribution in [-0.4, -0.2) is 25.3 Å². The van der Waals surface area contributed by atoms with Crippen LogP contribution in [0, 0.1) is 5.92 Å². The minimum absolute atomic E-state index is 0.632. The minimum atomic E-state index is 0.632. The van der Waals surface area contributed by atoms with E-state index in [0.717, 1.165) is 19.1 Å². The van der Waals surface area contributed by atoms with Gasteiger partial charge in [0.25, 0.3) is 0 Å². The molecule has 2 nitrogen and oxygen atoms in total. The summed E-state index contributed by atoms with van der Waals surface area (Å²) in [5.41, 5.74) is 0. The van der Waals surface area contributed by atoms with E-state index in [1.165, 1.54) is 12.8 Å². The predicted octanol–water partition coefficient (Wildman–Crippen LogP) is 1.80. The molecule has 1 atom stereocenters. The first-order valence-electron chi connectivity index (χ1n) is 5.04. The zero-order chi connectivity index (χ0) is 8.97. The van der Waals surface area contributed by atoms with Gasteiger partial charge >= 0.3 is 0 Å². The second-order valence-corrected chi connectivity index (χ2v) is 4.09. The SMILES string of the molecule is CC(C)[C@H](C)NC1CCOCC1. The Morgan fingerprint density at radius 2 is 1.75 bits per heavy atom. The lowest BCUT2D eigenvalue weighted by atomic mass is 10.0. The fraction of sp³-hybridized carbons (Fsp3) is 1.00. The maximum Gasteiger partial charge on any atom is 0.0480 e. The molecule has 0 amide bonds. The summed E-state index contributed by atoms with van der Waals surface area (Å²) in [5.74, 6) is 0.729. The summed E-state index contributed by atoms with van der Waals surface area (Å²) in [7, 11) is 0. The summed E-state index contributed by atoms with van der Waals surface area (Å²) in [5, 5.41) is 3.64. The quantitative estimate of drug-likeness (QED) is 0.699. The molecule has 1 fully saturated rings. The van der Waals surface area contributed by atoms with Crippen LogP contribution in [0.4, 0.5) is 0 Å². The van der Waals surface area contributed by atoms with Gasteiger partial charge in [-0.15, -0.1) is 0 Å². The van der Waals surface area contributed by atoms with E-state index in [1.807, 2.05) is 0 Å². The van der Waals surface area contributed by atoms with Crippen LogP contribution in [0.25, 0.3) is 0 Å². The van der Waals surface area contributed by atoms with Gasteiger partial charge in [0.15, 0.2) is 0 Å². The van der Waals surface area contributed by atoms with Gasteiger partial charge in [-0.2, -0.15) is 0 Å². The lowest BCUT2D eigenvalue weighted by molar-refractivity contribution is 0.0737. The highest BCUT2D eigenvalue weighted by Crippen LogP contribution is 2.09. The minimum Gasteiger partial charge on any atom is -0.381 e. The summed E-state index contributed by atoms with van der Waals surface area (Å²) < 4.78 is 5.30. The Balaban J connectivity index is 2.20. The maximum absolute atomic E-state index is 5.30. The Hall–Kier alpha value is -0.0800. The molecule has 0 saturated carbocycles. The van der Waals surface area contributed by atoms with Crippen molar-refractivity contribution < 1.29 is 4.74 Å². The van der Waals surface area contributed by atoms with Gasteiger partial charge in [0.2, 0.25) is 0 Å². The third-order valence-corrected chi connectivity index (χ3v) is 2.72. The first-order chi connectivity index (χ1) is 5.70. The Bertz CT molecular complexity index is 119. The molecular formula is C10H21NO. The van der Waals surface area contributed by atoms with Crippen molar-refractivity contribution in [3.8, 4) is 0 Å². The average Bonchev–Trinajstić information content (AvgIpc) is 2.06. The lowest BCUT2D eigenvalue weighted by Gasteiger charge is -2.28. The van der Waals surface area contributed by atoms with Crippen LogP contribution in [-0.2, 0) is 4.74 Å². The summed E-state index contributed by atoms with van der Waals surface area (Å²) in [6, 6.07) is 1.32. The first-order valence-corrected chi connectivity index (χ1v) is 5.04. The Morgan fingerprint density at radius 1 is 1.17 bits per heavy atom. The monoisotopic (exact) mass is 171 g/mol. The zero-order valence-corrected chi connectivity index (χ0v) is 8.47. The molecule has 0 aromatic heterocycles. The molecule has 0 radical (unpaired) electrons. The molecule has 1 aliphatic heterocycles. The molecule has 0 spiro atoms. The van der Waals surface area contributed by atoms with Crippen molar-refractivity contribution in [3.63, 3.8) is 0 Å². The van der Waals surface area contributed by atoms with E-state index in [2.05, 4.69) is 26.1 Å².